The maximum atomic E-state index is 12.8. The van der Waals surface area contributed by atoms with Gasteiger partial charge in [-0.25, -0.2) is 12.8 Å². The fraction of sp³-hybridized carbons (Fsp3) is 0.0769. The zero-order valence-corrected chi connectivity index (χ0v) is 9.96. The van der Waals surface area contributed by atoms with Gasteiger partial charge in [-0.2, -0.15) is 0 Å². The van der Waals surface area contributed by atoms with Crippen molar-refractivity contribution in [2.24, 2.45) is 0 Å². The first-order chi connectivity index (χ1) is 7.97. The summed E-state index contributed by atoms with van der Waals surface area (Å²) in [5, 5.41) is 0. The molecule has 4 heteroatoms. The smallest absolute Gasteiger partial charge is 0.175 e. The Morgan fingerprint density at radius 2 is 1.76 bits per heavy atom. The van der Waals surface area contributed by atoms with Crippen molar-refractivity contribution >= 4 is 9.84 Å². The second kappa shape index (κ2) is 4.30. The maximum Gasteiger partial charge on any atom is 0.175 e. The van der Waals surface area contributed by atoms with Crippen molar-refractivity contribution in [2.75, 3.05) is 6.26 Å². The van der Waals surface area contributed by atoms with Crippen LogP contribution in [0.3, 0.4) is 0 Å². The van der Waals surface area contributed by atoms with E-state index in [1.165, 1.54) is 24.3 Å². The minimum atomic E-state index is -3.24. The van der Waals surface area contributed by atoms with E-state index in [1.807, 2.05) is 0 Å². The SMILES string of the molecule is CS(=O)(=O)c1cc[c]c(-c2ccc(F)cc2)c1. The molecule has 0 bridgehead atoms. The van der Waals surface area contributed by atoms with E-state index < -0.39 is 9.84 Å². The Balaban J connectivity index is 2.50. The molecule has 0 unspecified atom stereocenters. The largest absolute Gasteiger partial charge is 0.224 e. The molecule has 17 heavy (non-hydrogen) atoms. The molecule has 0 aliphatic carbocycles. The van der Waals surface area contributed by atoms with Crippen LogP contribution >= 0.6 is 0 Å². The Labute approximate surface area is 99.6 Å². The summed E-state index contributed by atoms with van der Waals surface area (Å²) in [4.78, 5) is 0.232. The molecule has 0 spiro atoms. The monoisotopic (exact) mass is 249 g/mol. The Kier molecular flexibility index (Phi) is 2.98. The van der Waals surface area contributed by atoms with Crippen LogP contribution in [0.25, 0.3) is 11.1 Å². The van der Waals surface area contributed by atoms with Gasteiger partial charge in [-0.05, 0) is 41.5 Å². The second-order valence-electron chi connectivity index (χ2n) is 3.72. The van der Waals surface area contributed by atoms with Crippen molar-refractivity contribution in [3.05, 3.63) is 54.3 Å². The summed E-state index contributed by atoms with van der Waals surface area (Å²) in [7, 11) is -3.24. The highest BCUT2D eigenvalue weighted by Crippen LogP contribution is 2.22. The zero-order valence-electron chi connectivity index (χ0n) is 9.14. The number of rotatable bonds is 2. The number of benzene rings is 2. The second-order valence-corrected chi connectivity index (χ2v) is 5.73. The van der Waals surface area contributed by atoms with Crippen molar-refractivity contribution in [3.8, 4) is 11.1 Å². The van der Waals surface area contributed by atoms with Gasteiger partial charge in [-0.1, -0.05) is 18.2 Å². The van der Waals surface area contributed by atoms with E-state index in [2.05, 4.69) is 6.07 Å². The van der Waals surface area contributed by atoms with Crippen molar-refractivity contribution in [3.63, 3.8) is 0 Å². The number of sulfone groups is 1. The third-order valence-corrected chi connectivity index (χ3v) is 3.47. The van der Waals surface area contributed by atoms with E-state index in [-0.39, 0.29) is 10.7 Å². The lowest BCUT2D eigenvalue weighted by molar-refractivity contribution is 0.602. The summed E-state index contributed by atoms with van der Waals surface area (Å²) in [6.07, 6.45) is 1.15. The highest BCUT2D eigenvalue weighted by Gasteiger charge is 2.08. The third kappa shape index (κ3) is 2.71. The summed E-state index contributed by atoms with van der Waals surface area (Å²) >= 11 is 0. The standard InChI is InChI=1S/C13H10FO2S/c1-17(15,16)13-4-2-3-11(9-13)10-5-7-12(14)8-6-10/h2,4-9H,1H3. The Morgan fingerprint density at radius 1 is 1.12 bits per heavy atom. The first-order valence-corrected chi connectivity index (χ1v) is 6.84. The molecule has 0 atom stereocenters. The summed E-state index contributed by atoms with van der Waals surface area (Å²) in [5.74, 6) is -0.326. The van der Waals surface area contributed by atoms with Crippen LogP contribution in [0.5, 0.6) is 0 Å². The molecule has 2 nitrogen and oxygen atoms in total. The van der Waals surface area contributed by atoms with Gasteiger partial charge in [0.15, 0.2) is 9.84 Å². The fourth-order valence-electron chi connectivity index (χ4n) is 1.47. The number of hydrogen-bond donors (Lipinski definition) is 0. The maximum absolute atomic E-state index is 12.8. The predicted molar refractivity (Wildman–Crippen MR) is 63.8 cm³/mol. The van der Waals surface area contributed by atoms with Crippen LogP contribution in [0.1, 0.15) is 0 Å². The average Bonchev–Trinajstić information content (AvgIpc) is 2.29. The van der Waals surface area contributed by atoms with Gasteiger partial charge in [0.25, 0.3) is 0 Å². The number of hydrogen-bond acceptors (Lipinski definition) is 2. The van der Waals surface area contributed by atoms with Gasteiger partial charge in [-0.15, -0.1) is 0 Å². The lowest BCUT2D eigenvalue weighted by Gasteiger charge is -2.03. The third-order valence-electron chi connectivity index (χ3n) is 2.36. The topological polar surface area (TPSA) is 34.1 Å². The van der Waals surface area contributed by atoms with E-state index in [0.717, 1.165) is 11.8 Å². The minimum absolute atomic E-state index is 0.232. The lowest BCUT2D eigenvalue weighted by atomic mass is 10.1. The van der Waals surface area contributed by atoms with Crippen LogP contribution in [0.4, 0.5) is 4.39 Å². The first-order valence-electron chi connectivity index (χ1n) is 4.94. The minimum Gasteiger partial charge on any atom is -0.224 e. The molecule has 0 aromatic heterocycles. The Hall–Kier alpha value is -1.68. The van der Waals surface area contributed by atoms with E-state index in [0.29, 0.717) is 5.56 Å². The zero-order chi connectivity index (χ0) is 12.5. The van der Waals surface area contributed by atoms with Gasteiger partial charge in [0, 0.05) is 6.26 Å². The molecule has 0 N–H and O–H groups in total. The molecule has 2 aromatic rings. The van der Waals surface area contributed by atoms with Gasteiger partial charge >= 0.3 is 0 Å². The quantitative estimate of drug-likeness (QED) is 0.820. The lowest BCUT2D eigenvalue weighted by Crippen LogP contribution is -1.96. The summed E-state index contributed by atoms with van der Waals surface area (Å²) in [6.45, 7) is 0. The van der Waals surface area contributed by atoms with Gasteiger partial charge in [-0.3, -0.25) is 0 Å². The molecule has 1 radical (unpaired) electrons. The molecule has 0 fully saturated rings. The molecular formula is C13H10FO2S. The van der Waals surface area contributed by atoms with Gasteiger partial charge in [0.05, 0.1) is 4.90 Å². The van der Waals surface area contributed by atoms with Crippen molar-refractivity contribution < 1.29 is 12.8 Å². The van der Waals surface area contributed by atoms with E-state index in [9.17, 15) is 12.8 Å². The van der Waals surface area contributed by atoms with Gasteiger partial charge in [0.1, 0.15) is 5.82 Å². The van der Waals surface area contributed by atoms with Crippen LogP contribution in [0.2, 0.25) is 0 Å². The first kappa shape index (κ1) is 11.8. The highest BCUT2D eigenvalue weighted by molar-refractivity contribution is 7.90. The molecule has 0 heterocycles. The van der Waals surface area contributed by atoms with E-state index >= 15 is 0 Å². The Bertz CT molecular complexity index is 631. The average molecular weight is 249 g/mol. The Morgan fingerprint density at radius 3 is 2.35 bits per heavy atom. The van der Waals surface area contributed by atoms with E-state index in [4.69, 9.17) is 0 Å². The van der Waals surface area contributed by atoms with Crippen LogP contribution in [-0.2, 0) is 9.84 Å². The molecule has 0 aliphatic heterocycles. The van der Waals surface area contributed by atoms with Crippen LogP contribution in [-0.4, -0.2) is 14.7 Å². The highest BCUT2D eigenvalue weighted by atomic mass is 32.2. The van der Waals surface area contributed by atoms with Crippen molar-refractivity contribution in [1.29, 1.82) is 0 Å². The van der Waals surface area contributed by atoms with Crippen LogP contribution in [0.15, 0.2) is 47.4 Å². The normalized spacial score (nSPS) is 11.4. The molecule has 87 valence electrons. The molecule has 2 rings (SSSR count). The summed E-state index contributed by atoms with van der Waals surface area (Å²) < 4.78 is 35.6. The molecule has 0 saturated carbocycles. The van der Waals surface area contributed by atoms with Gasteiger partial charge < -0.3 is 0 Å². The van der Waals surface area contributed by atoms with Gasteiger partial charge in [0.2, 0.25) is 0 Å². The molecule has 2 aromatic carbocycles. The van der Waals surface area contributed by atoms with Crippen molar-refractivity contribution in [1.82, 2.24) is 0 Å². The van der Waals surface area contributed by atoms with Crippen molar-refractivity contribution in [2.45, 2.75) is 4.90 Å². The van der Waals surface area contributed by atoms with Crippen LogP contribution in [0, 0.1) is 11.9 Å². The number of halogens is 1. The molecule has 0 saturated heterocycles. The summed E-state index contributed by atoms with van der Waals surface area (Å²) in [6, 6.07) is 13.3. The predicted octanol–water partition coefficient (Wildman–Crippen LogP) is 2.70. The molecule has 0 aliphatic rings. The van der Waals surface area contributed by atoms with E-state index in [1.54, 1.807) is 18.2 Å². The molecule has 0 amide bonds. The van der Waals surface area contributed by atoms with Crippen LogP contribution < -0.4 is 0 Å². The summed E-state index contributed by atoms with van der Waals surface area (Å²) in [5.41, 5.74) is 1.37. The fourth-order valence-corrected chi connectivity index (χ4v) is 2.12. The molecular weight excluding hydrogens is 239 g/mol.